The van der Waals surface area contributed by atoms with E-state index in [0.717, 1.165) is 31.3 Å². The molecule has 0 spiro atoms. The second kappa shape index (κ2) is 13.4. The van der Waals surface area contributed by atoms with Crippen molar-refractivity contribution in [3.8, 4) is 0 Å². The molecule has 2 rings (SSSR count). The Morgan fingerprint density at radius 3 is 2.67 bits per heavy atom. The number of guanidine groups is 1. The summed E-state index contributed by atoms with van der Waals surface area (Å²) in [6, 6.07) is 5.89. The SMILES string of the molecule is CCNC(=NCc1ccccn1)NCCOC1CCCCCC1.I. The molecule has 136 valence electrons. The summed E-state index contributed by atoms with van der Waals surface area (Å²) in [5.74, 6) is 0.822. The van der Waals surface area contributed by atoms with Crippen LogP contribution in [0.2, 0.25) is 0 Å². The van der Waals surface area contributed by atoms with Crippen LogP contribution in [-0.4, -0.2) is 36.7 Å². The topological polar surface area (TPSA) is 58.5 Å². The number of hydrogen-bond acceptors (Lipinski definition) is 3. The largest absolute Gasteiger partial charge is 0.376 e. The Labute approximate surface area is 163 Å². The smallest absolute Gasteiger partial charge is 0.191 e. The molecule has 0 aliphatic heterocycles. The van der Waals surface area contributed by atoms with Crippen LogP contribution in [0.1, 0.15) is 51.1 Å². The number of aromatic nitrogens is 1. The van der Waals surface area contributed by atoms with E-state index >= 15 is 0 Å². The molecule has 2 N–H and O–H groups in total. The van der Waals surface area contributed by atoms with Gasteiger partial charge in [-0.2, -0.15) is 0 Å². The van der Waals surface area contributed by atoms with Gasteiger partial charge in [-0.15, -0.1) is 24.0 Å². The number of hydrogen-bond donors (Lipinski definition) is 2. The highest BCUT2D eigenvalue weighted by Crippen LogP contribution is 2.19. The van der Waals surface area contributed by atoms with E-state index in [-0.39, 0.29) is 24.0 Å². The van der Waals surface area contributed by atoms with Gasteiger partial charge in [-0.3, -0.25) is 4.98 Å². The highest BCUT2D eigenvalue weighted by Gasteiger charge is 2.12. The van der Waals surface area contributed by atoms with Gasteiger partial charge in [0, 0.05) is 19.3 Å². The molecule has 0 bridgehead atoms. The van der Waals surface area contributed by atoms with Gasteiger partial charge in [0.1, 0.15) is 0 Å². The maximum absolute atomic E-state index is 6.00. The summed E-state index contributed by atoms with van der Waals surface area (Å²) in [5, 5.41) is 6.59. The first kappa shape index (κ1) is 21.2. The van der Waals surface area contributed by atoms with Gasteiger partial charge in [-0.05, 0) is 31.9 Å². The molecule has 0 atom stereocenters. The van der Waals surface area contributed by atoms with Gasteiger partial charge in [0.15, 0.2) is 5.96 Å². The molecule has 0 radical (unpaired) electrons. The molecule has 0 saturated heterocycles. The van der Waals surface area contributed by atoms with E-state index in [2.05, 4.69) is 27.5 Å². The zero-order chi connectivity index (χ0) is 16.2. The van der Waals surface area contributed by atoms with E-state index in [4.69, 9.17) is 4.74 Å². The molecule has 0 unspecified atom stereocenters. The third-order valence-corrected chi connectivity index (χ3v) is 4.02. The van der Waals surface area contributed by atoms with Gasteiger partial charge in [0.2, 0.25) is 0 Å². The highest BCUT2D eigenvalue weighted by atomic mass is 127. The minimum Gasteiger partial charge on any atom is -0.376 e. The number of aliphatic imine (C=N–C) groups is 1. The van der Waals surface area contributed by atoms with E-state index in [1.165, 1.54) is 38.5 Å². The number of nitrogens with one attached hydrogen (secondary N) is 2. The maximum atomic E-state index is 6.00. The van der Waals surface area contributed by atoms with Crippen LogP contribution in [-0.2, 0) is 11.3 Å². The van der Waals surface area contributed by atoms with Crippen LogP contribution >= 0.6 is 24.0 Å². The van der Waals surface area contributed by atoms with Crippen molar-refractivity contribution in [1.29, 1.82) is 0 Å². The summed E-state index contributed by atoms with van der Waals surface area (Å²) >= 11 is 0. The van der Waals surface area contributed by atoms with Crippen molar-refractivity contribution in [3.05, 3.63) is 30.1 Å². The lowest BCUT2D eigenvalue weighted by molar-refractivity contribution is 0.0468. The molecule has 1 aliphatic carbocycles. The fourth-order valence-electron chi connectivity index (χ4n) is 2.80. The van der Waals surface area contributed by atoms with Crippen LogP contribution in [0.4, 0.5) is 0 Å². The van der Waals surface area contributed by atoms with Gasteiger partial charge in [0.05, 0.1) is 24.9 Å². The predicted molar refractivity (Wildman–Crippen MR) is 110 cm³/mol. The second-order valence-corrected chi connectivity index (χ2v) is 5.93. The van der Waals surface area contributed by atoms with Crippen LogP contribution < -0.4 is 10.6 Å². The molecule has 1 aromatic heterocycles. The van der Waals surface area contributed by atoms with Crippen molar-refractivity contribution in [2.75, 3.05) is 19.7 Å². The summed E-state index contributed by atoms with van der Waals surface area (Å²) < 4.78 is 6.00. The van der Waals surface area contributed by atoms with E-state index in [0.29, 0.717) is 12.6 Å². The van der Waals surface area contributed by atoms with Crippen molar-refractivity contribution in [3.63, 3.8) is 0 Å². The van der Waals surface area contributed by atoms with Crippen molar-refractivity contribution in [1.82, 2.24) is 15.6 Å². The van der Waals surface area contributed by atoms with Crippen LogP contribution in [0.3, 0.4) is 0 Å². The molecule has 0 amide bonds. The van der Waals surface area contributed by atoms with Crippen molar-refractivity contribution in [2.45, 2.75) is 58.1 Å². The quantitative estimate of drug-likeness (QED) is 0.221. The van der Waals surface area contributed by atoms with Gasteiger partial charge < -0.3 is 15.4 Å². The fraction of sp³-hybridized carbons (Fsp3) is 0.667. The Hall–Kier alpha value is -0.890. The summed E-state index contributed by atoms with van der Waals surface area (Å²) in [6.07, 6.45) is 10.0. The number of rotatable bonds is 7. The molecule has 0 aromatic carbocycles. The zero-order valence-electron chi connectivity index (χ0n) is 14.7. The first-order chi connectivity index (χ1) is 11.4. The second-order valence-electron chi connectivity index (χ2n) is 5.93. The average Bonchev–Trinajstić information content (AvgIpc) is 2.86. The van der Waals surface area contributed by atoms with E-state index in [9.17, 15) is 0 Å². The van der Waals surface area contributed by atoms with Crippen LogP contribution in [0.15, 0.2) is 29.4 Å². The lowest BCUT2D eigenvalue weighted by Gasteiger charge is -2.16. The summed E-state index contributed by atoms with van der Waals surface area (Å²) in [4.78, 5) is 8.85. The third kappa shape index (κ3) is 8.82. The van der Waals surface area contributed by atoms with Crippen LogP contribution in [0.25, 0.3) is 0 Å². The summed E-state index contributed by atoms with van der Waals surface area (Å²) in [5.41, 5.74) is 0.972. The standard InChI is InChI=1S/C18H30N4O.HI/c1-2-19-18(22-15-16-9-7-8-12-20-16)21-13-14-23-17-10-5-3-4-6-11-17;/h7-9,12,17H,2-6,10-11,13-15H2,1H3,(H2,19,21,22);1H. The molecule has 1 fully saturated rings. The maximum Gasteiger partial charge on any atom is 0.191 e. The molecule has 1 aliphatic rings. The molecule has 1 heterocycles. The van der Waals surface area contributed by atoms with Crippen molar-refractivity contribution < 1.29 is 4.74 Å². The lowest BCUT2D eigenvalue weighted by Crippen LogP contribution is -2.39. The third-order valence-electron chi connectivity index (χ3n) is 4.02. The normalized spacial score (nSPS) is 16.1. The molecule has 5 nitrogen and oxygen atoms in total. The van der Waals surface area contributed by atoms with Gasteiger partial charge in [0.25, 0.3) is 0 Å². The molecular formula is C18H31IN4O. The number of nitrogens with zero attached hydrogens (tertiary/aromatic N) is 2. The molecule has 24 heavy (non-hydrogen) atoms. The van der Waals surface area contributed by atoms with Gasteiger partial charge in [-0.1, -0.05) is 31.7 Å². The minimum atomic E-state index is 0. The van der Waals surface area contributed by atoms with Gasteiger partial charge in [-0.25, -0.2) is 4.99 Å². The van der Waals surface area contributed by atoms with Crippen molar-refractivity contribution >= 4 is 29.9 Å². The molecule has 6 heteroatoms. The number of ether oxygens (including phenoxy) is 1. The average molecular weight is 446 g/mol. The van der Waals surface area contributed by atoms with Crippen LogP contribution in [0.5, 0.6) is 0 Å². The fourth-order valence-corrected chi connectivity index (χ4v) is 2.80. The monoisotopic (exact) mass is 446 g/mol. The zero-order valence-corrected chi connectivity index (χ0v) is 17.0. The molecular weight excluding hydrogens is 415 g/mol. The Balaban J connectivity index is 0.00000288. The number of halogens is 1. The Bertz CT molecular complexity index is 448. The van der Waals surface area contributed by atoms with Gasteiger partial charge >= 0.3 is 0 Å². The predicted octanol–water partition coefficient (Wildman–Crippen LogP) is 3.49. The minimum absolute atomic E-state index is 0. The Morgan fingerprint density at radius 2 is 2.00 bits per heavy atom. The summed E-state index contributed by atoms with van der Waals surface area (Å²) in [6.45, 7) is 5.01. The number of pyridine rings is 1. The van der Waals surface area contributed by atoms with E-state index in [1.807, 2.05) is 18.2 Å². The van der Waals surface area contributed by atoms with E-state index < -0.39 is 0 Å². The molecule has 1 aromatic rings. The van der Waals surface area contributed by atoms with Crippen molar-refractivity contribution in [2.24, 2.45) is 4.99 Å². The highest BCUT2D eigenvalue weighted by molar-refractivity contribution is 14.0. The Morgan fingerprint density at radius 1 is 1.21 bits per heavy atom. The van der Waals surface area contributed by atoms with Crippen LogP contribution in [0, 0.1) is 0 Å². The molecule has 1 saturated carbocycles. The Kier molecular flexibility index (Phi) is 11.8. The summed E-state index contributed by atoms with van der Waals surface area (Å²) in [7, 11) is 0. The van der Waals surface area contributed by atoms with E-state index in [1.54, 1.807) is 6.20 Å². The first-order valence-electron chi connectivity index (χ1n) is 8.92. The lowest BCUT2D eigenvalue weighted by atomic mass is 10.1. The first-order valence-corrected chi connectivity index (χ1v) is 8.92.